The van der Waals surface area contributed by atoms with Gasteiger partial charge in [-0.05, 0) is 106 Å². The van der Waals surface area contributed by atoms with E-state index in [9.17, 15) is 0 Å². The maximum atomic E-state index is 6.69. The first-order valence-corrected chi connectivity index (χ1v) is 17.6. The molecule has 0 saturated carbocycles. The van der Waals surface area contributed by atoms with E-state index in [4.69, 9.17) is 9.40 Å². The van der Waals surface area contributed by atoms with Crippen molar-refractivity contribution in [2.45, 2.75) is 19.3 Å². The van der Waals surface area contributed by atoms with Crippen LogP contribution in [-0.4, -0.2) is 4.98 Å². The van der Waals surface area contributed by atoms with Crippen LogP contribution >= 0.6 is 0 Å². The molecule has 0 radical (unpaired) electrons. The Hall–Kier alpha value is -6.45. The van der Waals surface area contributed by atoms with Crippen LogP contribution in [0.5, 0.6) is 0 Å². The minimum Gasteiger partial charge on any atom is -0.435 e. The molecule has 2 bridgehead atoms. The molecular weight excluding hydrogens is 621 g/mol. The summed E-state index contributed by atoms with van der Waals surface area (Å²) >= 11 is 0. The summed E-state index contributed by atoms with van der Waals surface area (Å²) in [6.45, 7) is 2.23. The molecule has 51 heavy (non-hydrogen) atoms. The summed E-state index contributed by atoms with van der Waals surface area (Å²) in [5, 5.41) is 4.72. The number of aromatic nitrogens is 1. The fourth-order valence-corrected chi connectivity index (χ4v) is 8.15. The minimum absolute atomic E-state index is 0.128. The van der Waals surface area contributed by atoms with Crippen molar-refractivity contribution in [1.82, 2.24) is 4.98 Å². The molecule has 1 aliphatic heterocycles. The second kappa shape index (κ2) is 11.9. The van der Waals surface area contributed by atoms with E-state index < -0.39 is 0 Å². The van der Waals surface area contributed by atoms with Crippen LogP contribution in [0, 0.1) is 0 Å². The number of rotatable bonds is 3. The molecule has 1 atom stereocenters. The normalized spacial score (nSPS) is 17.6. The highest BCUT2D eigenvalue weighted by Crippen LogP contribution is 2.51. The van der Waals surface area contributed by atoms with Gasteiger partial charge in [0.25, 0.3) is 0 Å². The first-order chi connectivity index (χ1) is 25.2. The van der Waals surface area contributed by atoms with Crippen molar-refractivity contribution in [1.29, 1.82) is 0 Å². The highest BCUT2D eigenvalue weighted by Gasteiger charge is 2.31. The molecule has 1 unspecified atom stereocenters. The molecule has 2 aliphatic rings. The Kier molecular flexibility index (Phi) is 6.85. The zero-order chi connectivity index (χ0) is 33.9. The van der Waals surface area contributed by atoms with E-state index in [2.05, 4.69) is 164 Å². The van der Waals surface area contributed by atoms with E-state index in [1.807, 2.05) is 18.2 Å². The zero-order valence-corrected chi connectivity index (χ0v) is 28.3. The number of hydrogen-bond donors (Lipinski definition) is 0. The van der Waals surface area contributed by atoms with Gasteiger partial charge in [-0.1, -0.05) is 121 Å². The van der Waals surface area contributed by atoms with E-state index in [-0.39, 0.29) is 5.92 Å². The number of benzene rings is 7. The number of para-hydroxylation sites is 1. The standard InChI is InChI=1S/C48H34N2O/c1-31-20-25-39(33-13-4-2-5-14-33)42-29-37(40-18-10-11-19-45(40)50(31)38-24-21-32-12-8-9-17-36(32)28-38)30-43-41(42)26-22-34-23-27-44-47(46(34)43)51-48(49-44)35-15-6-3-7-16-35/h2-28,30,42H,29H2,1H3/b31-20+,39-25-. The fourth-order valence-electron chi connectivity index (χ4n) is 8.15. The molecule has 1 aliphatic carbocycles. The lowest BCUT2D eigenvalue weighted by atomic mass is 9.73. The third-order valence-corrected chi connectivity index (χ3v) is 10.6. The zero-order valence-electron chi connectivity index (χ0n) is 28.3. The van der Waals surface area contributed by atoms with Crippen molar-refractivity contribution in [3.8, 4) is 11.5 Å². The van der Waals surface area contributed by atoms with Gasteiger partial charge in [-0.2, -0.15) is 0 Å². The van der Waals surface area contributed by atoms with E-state index in [0.717, 1.165) is 45.2 Å². The van der Waals surface area contributed by atoms with Gasteiger partial charge in [0, 0.05) is 33.8 Å². The number of fused-ring (bicyclic) bond motifs is 11. The van der Waals surface area contributed by atoms with Crippen molar-refractivity contribution in [3.05, 3.63) is 192 Å². The summed E-state index contributed by atoms with van der Waals surface area (Å²) in [6, 6.07) is 54.2. The van der Waals surface area contributed by atoms with Gasteiger partial charge in [0.1, 0.15) is 5.52 Å². The summed E-state index contributed by atoms with van der Waals surface area (Å²) in [7, 11) is 0. The van der Waals surface area contributed by atoms with Gasteiger partial charge < -0.3 is 9.32 Å². The highest BCUT2D eigenvalue weighted by molar-refractivity contribution is 6.11. The number of nitrogens with zero attached hydrogens (tertiary/aromatic N) is 2. The smallest absolute Gasteiger partial charge is 0.227 e. The van der Waals surface area contributed by atoms with Crippen LogP contribution in [-0.2, 0) is 0 Å². The summed E-state index contributed by atoms with van der Waals surface area (Å²) in [5.74, 6) is 0.770. The predicted molar refractivity (Wildman–Crippen MR) is 213 cm³/mol. The first-order valence-electron chi connectivity index (χ1n) is 17.6. The molecule has 7 aromatic carbocycles. The maximum Gasteiger partial charge on any atom is 0.227 e. The number of anilines is 2. The summed E-state index contributed by atoms with van der Waals surface area (Å²) < 4.78 is 6.69. The van der Waals surface area contributed by atoms with Gasteiger partial charge in [0.2, 0.25) is 5.89 Å². The number of oxazole rings is 1. The number of allylic oxidation sites excluding steroid dienone is 5. The van der Waals surface area contributed by atoms with Gasteiger partial charge >= 0.3 is 0 Å². The molecule has 1 aromatic heterocycles. The van der Waals surface area contributed by atoms with Gasteiger partial charge in [0.15, 0.2) is 5.58 Å². The van der Waals surface area contributed by atoms with Crippen molar-refractivity contribution < 1.29 is 4.42 Å². The molecule has 3 heteroatoms. The second-order valence-corrected chi connectivity index (χ2v) is 13.6. The molecule has 242 valence electrons. The molecule has 2 heterocycles. The first kappa shape index (κ1) is 29.5. The minimum atomic E-state index is 0.128. The van der Waals surface area contributed by atoms with E-state index in [1.165, 1.54) is 49.9 Å². The van der Waals surface area contributed by atoms with Crippen LogP contribution in [0.3, 0.4) is 0 Å². The van der Waals surface area contributed by atoms with Crippen LogP contribution in [0.25, 0.3) is 61.3 Å². The van der Waals surface area contributed by atoms with E-state index in [1.54, 1.807) is 0 Å². The van der Waals surface area contributed by atoms with Crippen molar-refractivity contribution in [3.63, 3.8) is 0 Å². The molecule has 0 saturated heterocycles. The Morgan fingerprint density at radius 3 is 2.20 bits per heavy atom. The molecule has 0 amide bonds. The fraction of sp³-hybridized carbons (Fsp3) is 0.0625. The average molecular weight is 655 g/mol. The molecule has 3 nitrogen and oxygen atoms in total. The van der Waals surface area contributed by atoms with Crippen LogP contribution in [0.4, 0.5) is 11.4 Å². The third-order valence-electron chi connectivity index (χ3n) is 10.6. The van der Waals surface area contributed by atoms with Crippen LogP contribution < -0.4 is 4.90 Å². The Bertz CT molecular complexity index is 2730. The summed E-state index contributed by atoms with van der Waals surface area (Å²) in [4.78, 5) is 7.39. The van der Waals surface area contributed by atoms with Gasteiger partial charge in [-0.25, -0.2) is 4.98 Å². The van der Waals surface area contributed by atoms with Crippen LogP contribution in [0.2, 0.25) is 0 Å². The van der Waals surface area contributed by atoms with Crippen molar-refractivity contribution >= 4 is 61.2 Å². The Balaban J connectivity index is 1.27. The summed E-state index contributed by atoms with van der Waals surface area (Å²) in [5.41, 5.74) is 13.7. The Labute approximate surface area is 297 Å². The second-order valence-electron chi connectivity index (χ2n) is 13.6. The topological polar surface area (TPSA) is 29.3 Å². The molecular formula is C48H34N2O. The van der Waals surface area contributed by atoms with Gasteiger partial charge in [0.05, 0.1) is 5.69 Å². The van der Waals surface area contributed by atoms with Crippen molar-refractivity contribution in [2.24, 2.45) is 0 Å². The Morgan fingerprint density at radius 2 is 1.35 bits per heavy atom. The quantitative estimate of drug-likeness (QED) is 0.190. The monoisotopic (exact) mass is 654 g/mol. The molecule has 8 aromatic rings. The lowest BCUT2D eigenvalue weighted by Crippen LogP contribution is -2.18. The number of hydrogen-bond acceptors (Lipinski definition) is 3. The van der Waals surface area contributed by atoms with Crippen molar-refractivity contribution in [2.75, 3.05) is 4.90 Å². The van der Waals surface area contributed by atoms with Crippen LogP contribution in [0.15, 0.2) is 174 Å². The van der Waals surface area contributed by atoms with E-state index >= 15 is 0 Å². The Morgan fingerprint density at radius 1 is 0.647 bits per heavy atom. The molecule has 0 spiro atoms. The molecule has 0 N–H and O–H groups in total. The lowest BCUT2D eigenvalue weighted by Gasteiger charge is -2.34. The molecule has 0 fully saturated rings. The predicted octanol–water partition coefficient (Wildman–Crippen LogP) is 13.0. The SMILES string of the molecule is C/C1=C\C=C(\c2ccccc2)C2CC(=Cc3c2ccc2ccc4nc(-c5ccccc5)oc4c32)c2ccccc2N1c1ccc2ccccc2c1. The highest BCUT2D eigenvalue weighted by atomic mass is 16.3. The summed E-state index contributed by atoms with van der Waals surface area (Å²) in [6.07, 6.45) is 7.96. The maximum absolute atomic E-state index is 6.69. The van der Waals surface area contributed by atoms with E-state index in [0.29, 0.717) is 5.89 Å². The van der Waals surface area contributed by atoms with Gasteiger partial charge in [-0.3, -0.25) is 0 Å². The average Bonchev–Trinajstić information content (AvgIpc) is 3.63. The van der Waals surface area contributed by atoms with Crippen LogP contribution in [0.1, 0.15) is 41.5 Å². The lowest BCUT2D eigenvalue weighted by molar-refractivity contribution is 0.623. The van der Waals surface area contributed by atoms with Gasteiger partial charge in [-0.15, -0.1) is 0 Å². The molecule has 10 rings (SSSR count). The largest absolute Gasteiger partial charge is 0.435 e. The third kappa shape index (κ3) is 4.93.